The Morgan fingerprint density at radius 3 is 3.27 bits per heavy atom. The molecule has 1 aromatic heterocycles. The van der Waals surface area contributed by atoms with Crippen molar-refractivity contribution in [2.75, 3.05) is 6.61 Å². The Morgan fingerprint density at radius 2 is 2.60 bits per heavy atom. The van der Waals surface area contributed by atoms with E-state index in [1.54, 1.807) is 11.3 Å². The van der Waals surface area contributed by atoms with E-state index in [9.17, 15) is 0 Å². The number of ether oxygens (including phenoxy) is 1. The zero-order valence-electron chi connectivity index (χ0n) is 8.89. The molecular formula is C11H18N2OS. The molecular weight excluding hydrogens is 208 g/mol. The molecule has 1 fully saturated rings. The van der Waals surface area contributed by atoms with Crippen molar-refractivity contribution in [3.63, 3.8) is 0 Å². The molecule has 2 atom stereocenters. The Labute approximate surface area is 94.7 Å². The maximum atomic E-state index is 6.05. The topological polar surface area (TPSA) is 48.1 Å². The maximum absolute atomic E-state index is 6.05. The molecule has 0 radical (unpaired) electrons. The van der Waals surface area contributed by atoms with Crippen molar-refractivity contribution in [2.45, 2.75) is 44.2 Å². The van der Waals surface area contributed by atoms with Crippen LogP contribution >= 0.6 is 11.3 Å². The van der Waals surface area contributed by atoms with E-state index in [1.165, 1.54) is 12.8 Å². The predicted octanol–water partition coefficient (Wildman–Crippen LogP) is 1.97. The molecule has 0 spiro atoms. The van der Waals surface area contributed by atoms with Crippen LogP contribution in [0, 0.1) is 0 Å². The third-order valence-corrected chi connectivity index (χ3v) is 3.61. The average Bonchev–Trinajstić information content (AvgIpc) is 2.86. The molecule has 84 valence electrons. The third kappa shape index (κ3) is 3.55. The zero-order valence-corrected chi connectivity index (χ0v) is 9.71. The summed E-state index contributed by atoms with van der Waals surface area (Å²) in [7, 11) is 0. The quantitative estimate of drug-likeness (QED) is 0.835. The normalized spacial score (nSPS) is 23.1. The van der Waals surface area contributed by atoms with Gasteiger partial charge in [-0.05, 0) is 25.7 Å². The SMILES string of the molecule is NC(CCC1CCCO1)Cc1nccs1. The number of nitrogens with two attached hydrogens (primary N) is 1. The highest BCUT2D eigenvalue weighted by molar-refractivity contribution is 7.09. The molecule has 15 heavy (non-hydrogen) atoms. The second-order valence-corrected chi connectivity index (χ2v) is 5.08. The second-order valence-electron chi connectivity index (χ2n) is 4.10. The minimum absolute atomic E-state index is 0.236. The summed E-state index contributed by atoms with van der Waals surface area (Å²) in [6, 6.07) is 0.236. The van der Waals surface area contributed by atoms with Crippen LogP contribution in [-0.2, 0) is 11.2 Å². The number of aromatic nitrogens is 1. The fourth-order valence-electron chi connectivity index (χ4n) is 1.95. The van der Waals surface area contributed by atoms with Crippen LogP contribution in [0.2, 0.25) is 0 Å². The second kappa shape index (κ2) is 5.58. The van der Waals surface area contributed by atoms with E-state index in [4.69, 9.17) is 10.5 Å². The predicted molar refractivity (Wildman–Crippen MR) is 62.0 cm³/mol. The van der Waals surface area contributed by atoms with Crippen molar-refractivity contribution in [3.05, 3.63) is 16.6 Å². The van der Waals surface area contributed by atoms with Gasteiger partial charge in [-0.3, -0.25) is 0 Å². The largest absolute Gasteiger partial charge is 0.378 e. The molecule has 2 unspecified atom stereocenters. The lowest BCUT2D eigenvalue weighted by Crippen LogP contribution is -2.24. The molecule has 0 bridgehead atoms. The van der Waals surface area contributed by atoms with Gasteiger partial charge < -0.3 is 10.5 Å². The van der Waals surface area contributed by atoms with Crippen LogP contribution in [0.15, 0.2) is 11.6 Å². The van der Waals surface area contributed by atoms with Crippen molar-refractivity contribution < 1.29 is 4.74 Å². The van der Waals surface area contributed by atoms with Gasteiger partial charge in [0.2, 0.25) is 0 Å². The highest BCUT2D eigenvalue weighted by Gasteiger charge is 2.16. The first-order valence-corrected chi connectivity index (χ1v) is 6.48. The summed E-state index contributed by atoms with van der Waals surface area (Å²) >= 11 is 1.69. The first-order valence-electron chi connectivity index (χ1n) is 5.60. The minimum atomic E-state index is 0.236. The molecule has 2 rings (SSSR count). The van der Waals surface area contributed by atoms with Crippen LogP contribution in [-0.4, -0.2) is 23.7 Å². The first-order chi connectivity index (χ1) is 7.34. The summed E-state index contributed by atoms with van der Waals surface area (Å²) in [5.74, 6) is 0. The van der Waals surface area contributed by atoms with Crippen LogP contribution in [0.4, 0.5) is 0 Å². The summed E-state index contributed by atoms with van der Waals surface area (Å²) in [5.41, 5.74) is 6.05. The van der Waals surface area contributed by atoms with Gasteiger partial charge >= 0.3 is 0 Å². The van der Waals surface area contributed by atoms with Gasteiger partial charge in [0.05, 0.1) is 11.1 Å². The molecule has 1 aromatic rings. The van der Waals surface area contributed by atoms with Gasteiger partial charge in [-0.15, -0.1) is 11.3 Å². The molecule has 1 aliphatic rings. The van der Waals surface area contributed by atoms with E-state index in [2.05, 4.69) is 4.98 Å². The monoisotopic (exact) mass is 226 g/mol. The van der Waals surface area contributed by atoms with E-state index >= 15 is 0 Å². The highest BCUT2D eigenvalue weighted by Crippen LogP contribution is 2.18. The van der Waals surface area contributed by atoms with Crippen LogP contribution in [0.25, 0.3) is 0 Å². The minimum Gasteiger partial charge on any atom is -0.378 e. The van der Waals surface area contributed by atoms with Gasteiger partial charge in [0.1, 0.15) is 0 Å². The summed E-state index contributed by atoms with van der Waals surface area (Å²) in [5, 5.41) is 3.15. The molecule has 0 aromatic carbocycles. The fraction of sp³-hybridized carbons (Fsp3) is 0.727. The Morgan fingerprint density at radius 1 is 1.67 bits per heavy atom. The maximum Gasteiger partial charge on any atom is 0.0940 e. The van der Waals surface area contributed by atoms with E-state index in [0.29, 0.717) is 6.10 Å². The van der Waals surface area contributed by atoms with Gasteiger partial charge in [0.25, 0.3) is 0 Å². The van der Waals surface area contributed by atoms with Gasteiger partial charge in [-0.25, -0.2) is 4.98 Å². The van der Waals surface area contributed by atoms with Gasteiger partial charge in [-0.1, -0.05) is 0 Å². The van der Waals surface area contributed by atoms with Crippen LogP contribution < -0.4 is 5.73 Å². The lowest BCUT2D eigenvalue weighted by molar-refractivity contribution is 0.101. The fourth-order valence-corrected chi connectivity index (χ4v) is 2.66. The Bertz CT molecular complexity index is 270. The van der Waals surface area contributed by atoms with Gasteiger partial charge in [-0.2, -0.15) is 0 Å². The van der Waals surface area contributed by atoms with E-state index in [-0.39, 0.29) is 6.04 Å². The number of thiazole rings is 1. The molecule has 3 nitrogen and oxygen atoms in total. The average molecular weight is 226 g/mol. The first kappa shape index (κ1) is 11.0. The summed E-state index contributed by atoms with van der Waals surface area (Å²) in [6.07, 6.45) is 7.79. The van der Waals surface area contributed by atoms with Crippen LogP contribution in [0.1, 0.15) is 30.7 Å². The summed E-state index contributed by atoms with van der Waals surface area (Å²) in [6.45, 7) is 0.937. The van der Waals surface area contributed by atoms with E-state index in [0.717, 1.165) is 30.9 Å². The molecule has 0 aliphatic carbocycles. The van der Waals surface area contributed by atoms with E-state index < -0.39 is 0 Å². The molecule has 1 saturated heterocycles. The number of rotatable bonds is 5. The van der Waals surface area contributed by atoms with Crippen LogP contribution in [0.5, 0.6) is 0 Å². The van der Waals surface area contributed by atoms with Crippen molar-refractivity contribution in [1.82, 2.24) is 4.98 Å². The molecule has 2 N–H and O–H groups in total. The number of hydrogen-bond donors (Lipinski definition) is 1. The van der Waals surface area contributed by atoms with E-state index in [1.807, 2.05) is 11.6 Å². The van der Waals surface area contributed by atoms with Crippen molar-refractivity contribution in [1.29, 1.82) is 0 Å². The van der Waals surface area contributed by atoms with Gasteiger partial charge in [0, 0.05) is 30.6 Å². The molecule has 2 heterocycles. The molecule has 1 aliphatic heterocycles. The molecule has 4 heteroatoms. The summed E-state index contributed by atoms with van der Waals surface area (Å²) in [4.78, 5) is 4.24. The van der Waals surface area contributed by atoms with Gasteiger partial charge in [0.15, 0.2) is 0 Å². The highest BCUT2D eigenvalue weighted by atomic mass is 32.1. The zero-order chi connectivity index (χ0) is 10.5. The van der Waals surface area contributed by atoms with Crippen LogP contribution in [0.3, 0.4) is 0 Å². The molecule has 0 amide bonds. The smallest absolute Gasteiger partial charge is 0.0940 e. The summed E-state index contributed by atoms with van der Waals surface area (Å²) < 4.78 is 5.57. The van der Waals surface area contributed by atoms with Crippen molar-refractivity contribution in [3.8, 4) is 0 Å². The number of nitrogens with zero attached hydrogens (tertiary/aromatic N) is 1. The Kier molecular flexibility index (Phi) is 4.11. The third-order valence-electron chi connectivity index (χ3n) is 2.80. The number of hydrogen-bond acceptors (Lipinski definition) is 4. The van der Waals surface area contributed by atoms with Crippen molar-refractivity contribution >= 4 is 11.3 Å². The Hall–Kier alpha value is -0.450. The van der Waals surface area contributed by atoms with Crippen molar-refractivity contribution in [2.24, 2.45) is 5.73 Å². The Balaban J connectivity index is 1.66. The lowest BCUT2D eigenvalue weighted by Gasteiger charge is -2.13. The lowest BCUT2D eigenvalue weighted by atomic mass is 10.0. The standard InChI is InChI=1S/C11H18N2OS/c12-9(8-11-13-5-7-15-11)3-4-10-2-1-6-14-10/h5,7,9-10H,1-4,6,8,12H2. The molecule has 0 saturated carbocycles.